The van der Waals surface area contributed by atoms with Crippen LogP contribution in [0, 0.1) is 5.82 Å². The van der Waals surface area contributed by atoms with Gasteiger partial charge in [-0.3, -0.25) is 9.97 Å². The molecule has 0 saturated carbocycles. The van der Waals surface area contributed by atoms with Crippen molar-refractivity contribution in [3.63, 3.8) is 0 Å². The lowest BCUT2D eigenvalue weighted by Gasteiger charge is -2.14. The van der Waals surface area contributed by atoms with Crippen molar-refractivity contribution in [1.29, 1.82) is 0 Å². The summed E-state index contributed by atoms with van der Waals surface area (Å²) in [6, 6.07) is 21.9. The molecule has 0 saturated heterocycles. The normalized spacial score (nSPS) is 10.9. The standard InChI is InChI=1S/C25H18FN5/c26-19-11-9-17(10-12-19)21-7-3-8-22-23(21)25(29-16-20-6-1-2-14-28-20)31-24(30-22)18-5-4-13-27-15-18/h1-15H,16H2,(H,29,30,31). The molecule has 0 amide bonds. The number of halogens is 1. The molecular formula is C25H18FN5. The predicted molar refractivity (Wildman–Crippen MR) is 120 cm³/mol. The number of rotatable bonds is 5. The topological polar surface area (TPSA) is 63.6 Å². The van der Waals surface area contributed by atoms with Gasteiger partial charge in [0.2, 0.25) is 0 Å². The second-order valence-corrected chi connectivity index (χ2v) is 7.02. The molecule has 3 heterocycles. The van der Waals surface area contributed by atoms with Crippen LogP contribution in [-0.4, -0.2) is 19.9 Å². The number of nitrogens with one attached hydrogen (secondary N) is 1. The molecule has 0 radical (unpaired) electrons. The zero-order valence-corrected chi connectivity index (χ0v) is 16.5. The molecule has 0 fully saturated rings. The first-order chi connectivity index (χ1) is 15.3. The highest BCUT2D eigenvalue weighted by Gasteiger charge is 2.14. The van der Waals surface area contributed by atoms with E-state index >= 15 is 0 Å². The molecule has 2 aromatic carbocycles. The van der Waals surface area contributed by atoms with E-state index in [2.05, 4.69) is 15.3 Å². The van der Waals surface area contributed by atoms with E-state index in [0.717, 1.165) is 33.3 Å². The van der Waals surface area contributed by atoms with E-state index in [1.54, 1.807) is 30.7 Å². The molecule has 5 aromatic rings. The summed E-state index contributed by atoms with van der Waals surface area (Å²) in [6.07, 6.45) is 5.23. The van der Waals surface area contributed by atoms with Crippen molar-refractivity contribution in [1.82, 2.24) is 19.9 Å². The zero-order valence-electron chi connectivity index (χ0n) is 16.5. The minimum Gasteiger partial charge on any atom is -0.364 e. The van der Waals surface area contributed by atoms with Crippen molar-refractivity contribution in [2.45, 2.75) is 6.54 Å². The van der Waals surface area contributed by atoms with Gasteiger partial charge in [0.25, 0.3) is 0 Å². The molecule has 0 spiro atoms. The molecular weight excluding hydrogens is 389 g/mol. The second-order valence-electron chi connectivity index (χ2n) is 7.02. The van der Waals surface area contributed by atoms with E-state index in [4.69, 9.17) is 9.97 Å². The molecule has 0 aliphatic carbocycles. The van der Waals surface area contributed by atoms with Gasteiger partial charge >= 0.3 is 0 Å². The van der Waals surface area contributed by atoms with Crippen LogP contribution in [0.15, 0.2) is 91.4 Å². The van der Waals surface area contributed by atoms with Crippen molar-refractivity contribution in [2.75, 3.05) is 5.32 Å². The largest absolute Gasteiger partial charge is 0.364 e. The fourth-order valence-corrected chi connectivity index (χ4v) is 3.48. The number of nitrogens with zero attached hydrogens (tertiary/aromatic N) is 4. The number of benzene rings is 2. The Hall–Kier alpha value is -4.19. The van der Waals surface area contributed by atoms with Crippen LogP contribution in [0.2, 0.25) is 0 Å². The van der Waals surface area contributed by atoms with E-state index in [1.807, 2.05) is 48.5 Å². The van der Waals surface area contributed by atoms with Crippen LogP contribution in [0.5, 0.6) is 0 Å². The minimum absolute atomic E-state index is 0.271. The Morgan fingerprint density at radius 2 is 1.68 bits per heavy atom. The summed E-state index contributed by atoms with van der Waals surface area (Å²) >= 11 is 0. The van der Waals surface area contributed by atoms with Crippen LogP contribution in [0.1, 0.15) is 5.69 Å². The molecule has 0 bridgehead atoms. The number of fused-ring (bicyclic) bond motifs is 1. The van der Waals surface area contributed by atoms with Gasteiger partial charge in [-0.1, -0.05) is 30.3 Å². The maximum absolute atomic E-state index is 13.5. The van der Waals surface area contributed by atoms with Gasteiger partial charge in [0, 0.05) is 24.2 Å². The first-order valence-corrected chi connectivity index (χ1v) is 9.89. The van der Waals surface area contributed by atoms with Crippen LogP contribution in [0.3, 0.4) is 0 Å². The highest BCUT2D eigenvalue weighted by atomic mass is 19.1. The highest BCUT2D eigenvalue weighted by molar-refractivity contribution is 6.02. The molecule has 1 N–H and O–H groups in total. The summed E-state index contributed by atoms with van der Waals surface area (Å²) in [7, 11) is 0. The smallest absolute Gasteiger partial charge is 0.163 e. The van der Waals surface area contributed by atoms with Gasteiger partial charge in [-0.05, 0) is 53.6 Å². The third-order valence-electron chi connectivity index (χ3n) is 4.96. The van der Waals surface area contributed by atoms with Crippen molar-refractivity contribution in [2.24, 2.45) is 0 Å². The first-order valence-electron chi connectivity index (χ1n) is 9.89. The van der Waals surface area contributed by atoms with E-state index in [-0.39, 0.29) is 5.82 Å². The number of pyridine rings is 2. The van der Waals surface area contributed by atoms with Crippen molar-refractivity contribution in [3.05, 3.63) is 103 Å². The number of hydrogen-bond donors (Lipinski definition) is 1. The van der Waals surface area contributed by atoms with Crippen molar-refractivity contribution < 1.29 is 4.39 Å². The van der Waals surface area contributed by atoms with E-state index < -0.39 is 0 Å². The fourth-order valence-electron chi connectivity index (χ4n) is 3.48. The summed E-state index contributed by atoms with van der Waals surface area (Å²) in [6.45, 7) is 0.511. The van der Waals surface area contributed by atoms with Gasteiger partial charge in [0.1, 0.15) is 11.6 Å². The summed E-state index contributed by atoms with van der Waals surface area (Å²) in [5, 5.41) is 4.30. The zero-order chi connectivity index (χ0) is 21.0. The Morgan fingerprint density at radius 3 is 2.45 bits per heavy atom. The van der Waals surface area contributed by atoms with Crippen molar-refractivity contribution >= 4 is 16.7 Å². The molecule has 0 aliphatic rings. The van der Waals surface area contributed by atoms with Gasteiger partial charge < -0.3 is 5.32 Å². The second kappa shape index (κ2) is 8.28. The number of aromatic nitrogens is 4. The Labute approximate surface area is 178 Å². The van der Waals surface area contributed by atoms with E-state index in [9.17, 15) is 4.39 Å². The van der Waals surface area contributed by atoms with Crippen LogP contribution < -0.4 is 5.32 Å². The molecule has 0 atom stereocenters. The molecule has 0 aliphatic heterocycles. The summed E-state index contributed by atoms with van der Waals surface area (Å²) in [5.41, 5.74) is 4.34. The lowest BCUT2D eigenvalue weighted by atomic mass is 10.0. The molecule has 5 nitrogen and oxygen atoms in total. The summed E-state index contributed by atoms with van der Waals surface area (Å²) < 4.78 is 13.5. The first kappa shape index (κ1) is 18.8. The number of anilines is 1. The maximum Gasteiger partial charge on any atom is 0.163 e. The minimum atomic E-state index is -0.271. The van der Waals surface area contributed by atoms with Crippen LogP contribution in [0.25, 0.3) is 33.4 Å². The van der Waals surface area contributed by atoms with Gasteiger partial charge in [-0.2, -0.15) is 0 Å². The molecule has 5 rings (SSSR count). The molecule has 31 heavy (non-hydrogen) atoms. The average Bonchev–Trinajstić information content (AvgIpc) is 2.84. The van der Waals surface area contributed by atoms with E-state index in [0.29, 0.717) is 18.2 Å². The Balaban J connectivity index is 1.68. The van der Waals surface area contributed by atoms with E-state index in [1.165, 1.54) is 12.1 Å². The quantitative estimate of drug-likeness (QED) is 0.416. The fraction of sp³-hybridized carbons (Fsp3) is 0.0400. The van der Waals surface area contributed by atoms with Crippen LogP contribution in [-0.2, 0) is 6.54 Å². The summed E-state index contributed by atoms with van der Waals surface area (Å²) in [5.74, 6) is 1.00. The monoisotopic (exact) mass is 407 g/mol. The Bertz CT molecular complexity index is 1320. The molecule has 3 aromatic heterocycles. The highest BCUT2D eigenvalue weighted by Crippen LogP contribution is 2.34. The molecule has 0 unspecified atom stereocenters. The third-order valence-corrected chi connectivity index (χ3v) is 4.96. The SMILES string of the molecule is Fc1ccc(-c2cccc3nc(-c4cccnc4)nc(NCc4ccccn4)c23)cc1. The number of hydrogen-bond acceptors (Lipinski definition) is 5. The van der Waals surface area contributed by atoms with Crippen molar-refractivity contribution in [3.8, 4) is 22.5 Å². The predicted octanol–water partition coefficient (Wildman–Crippen LogP) is 5.51. The lowest BCUT2D eigenvalue weighted by molar-refractivity contribution is 0.628. The van der Waals surface area contributed by atoms with Crippen LogP contribution >= 0.6 is 0 Å². The Morgan fingerprint density at radius 1 is 0.774 bits per heavy atom. The Kier molecular flexibility index (Phi) is 5.02. The van der Waals surface area contributed by atoms with Gasteiger partial charge in [-0.25, -0.2) is 14.4 Å². The van der Waals surface area contributed by atoms with Crippen LogP contribution in [0.4, 0.5) is 10.2 Å². The lowest BCUT2D eigenvalue weighted by Crippen LogP contribution is -2.06. The van der Waals surface area contributed by atoms with Gasteiger partial charge in [0.05, 0.1) is 23.1 Å². The molecule has 150 valence electrons. The average molecular weight is 407 g/mol. The van der Waals surface area contributed by atoms with Gasteiger partial charge in [-0.15, -0.1) is 0 Å². The third kappa shape index (κ3) is 3.96. The molecule has 6 heteroatoms. The summed E-state index contributed by atoms with van der Waals surface area (Å²) in [4.78, 5) is 18.2. The van der Waals surface area contributed by atoms with Gasteiger partial charge in [0.15, 0.2) is 5.82 Å². The maximum atomic E-state index is 13.5.